The average molecular weight is 315 g/mol. The van der Waals surface area contributed by atoms with Gasteiger partial charge in [-0.2, -0.15) is 5.10 Å². The molecule has 0 bridgehead atoms. The molecular weight excluding hydrogens is 286 g/mol. The minimum absolute atomic E-state index is 0.333. The molecule has 3 heterocycles. The zero-order valence-electron chi connectivity index (χ0n) is 14.7. The van der Waals surface area contributed by atoms with Gasteiger partial charge in [0, 0.05) is 36.8 Å². The third kappa shape index (κ3) is 3.26. The van der Waals surface area contributed by atoms with E-state index in [0.717, 1.165) is 36.6 Å². The van der Waals surface area contributed by atoms with Gasteiger partial charge in [0.1, 0.15) is 0 Å². The van der Waals surface area contributed by atoms with Crippen LogP contribution in [0, 0.1) is 11.8 Å². The fraction of sp³-hybridized carbons (Fsp3) is 0.667. The van der Waals surface area contributed by atoms with Gasteiger partial charge in [-0.05, 0) is 57.2 Å². The van der Waals surface area contributed by atoms with Crippen LogP contribution in [-0.4, -0.2) is 38.8 Å². The minimum Gasteiger partial charge on any atom is -0.330 e. The molecule has 0 radical (unpaired) electrons. The SMILES string of the molecule is CC1CC(C)N(Cc2cnc3c(cnn3C(C)C)c2)CC1CN. The highest BCUT2D eigenvalue weighted by atomic mass is 15.3. The number of rotatable bonds is 4. The summed E-state index contributed by atoms with van der Waals surface area (Å²) in [6.07, 6.45) is 5.16. The van der Waals surface area contributed by atoms with Gasteiger partial charge in [-0.15, -0.1) is 0 Å². The summed E-state index contributed by atoms with van der Waals surface area (Å²) in [7, 11) is 0. The van der Waals surface area contributed by atoms with Crippen molar-refractivity contribution in [1.29, 1.82) is 0 Å². The quantitative estimate of drug-likeness (QED) is 0.942. The molecule has 3 unspecified atom stereocenters. The maximum absolute atomic E-state index is 5.95. The molecule has 1 fully saturated rings. The van der Waals surface area contributed by atoms with Crippen LogP contribution in [0.2, 0.25) is 0 Å². The zero-order chi connectivity index (χ0) is 16.6. The third-order valence-electron chi connectivity index (χ3n) is 5.28. The summed E-state index contributed by atoms with van der Waals surface area (Å²) in [4.78, 5) is 7.20. The molecule has 2 N–H and O–H groups in total. The summed E-state index contributed by atoms with van der Waals surface area (Å²) >= 11 is 0. The van der Waals surface area contributed by atoms with E-state index in [2.05, 4.69) is 48.7 Å². The Kier molecular flexibility index (Phi) is 4.69. The van der Waals surface area contributed by atoms with Gasteiger partial charge in [0.2, 0.25) is 0 Å². The molecule has 2 aromatic rings. The fourth-order valence-electron chi connectivity index (χ4n) is 3.75. The molecule has 0 aromatic carbocycles. The molecule has 3 rings (SSSR count). The lowest BCUT2D eigenvalue weighted by Gasteiger charge is -2.41. The topological polar surface area (TPSA) is 60.0 Å². The van der Waals surface area contributed by atoms with Gasteiger partial charge in [-0.3, -0.25) is 4.90 Å². The first-order valence-corrected chi connectivity index (χ1v) is 8.75. The molecule has 0 amide bonds. The Morgan fingerprint density at radius 3 is 2.78 bits per heavy atom. The number of nitrogens with two attached hydrogens (primary N) is 1. The highest BCUT2D eigenvalue weighted by Gasteiger charge is 2.30. The Morgan fingerprint density at radius 1 is 1.30 bits per heavy atom. The van der Waals surface area contributed by atoms with Gasteiger partial charge in [0.25, 0.3) is 0 Å². The fourth-order valence-corrected chi connectivity index (χ4v) is 3.75. The number of likely N-dealkylation sites (tertiary alicyclic amines) is 1. The largest absolute Gasteiger partial charge is 0.330 e. The van der Waals surface area contributed by atoms with Gasteiger partial charge in [0.15, 0.2) is 5.65 Å². The molecule has 1 aliphatic heterocycles. The minimum atomic E-state index is 0.333. The predicted molar refractivity (Wildman–Crippen MR) is 94.1 cm³/mol. The van der Waals surface area contributed by atoms with Crippen LogP contribution < -0.4 is 5.73 Å². The van der Waals surface area contributed by atoms with E-state index >= 15 is 0 Å². The Morgan fingerprint density at radius 2 is 2.09 bits per heavy atom. The lowest BCUT2D eigenvalue weighted by atomic mass is 9.83. The monoisotopic (exact) mass is 315 g/mol. The van der Waals surface area contributed by atoms with Gasteiger partial charge in [-0.1, -0.05) is 6.92 Å². The van der Waals surface area contributed by atoms with Crippen molar-refractivity contribution in [3.8, 4) is 0 Å². The first-order valence-electron chi connectivity index (χ1n) is 8.75. The smallest absolute Gasteiger partial charge is 0.157 e. The predicted octanol–water partition coefficient (Wildman–Crippen LogP) is 2.82. The first kappa shape index (κ1) is 16.4. The van der Waals surface area contributed by atoms with Crippen molar-refractivity contribution < 1.29 is 0 Å². The second-order valence-corrected chi connectivity index (χ2v) is 7.43. The standard InChI is InChI=1S/C18H29N5/c1-12(2)23-18-16(9-21-23)6-15(8-20-18)10-22-11-17(7-19)13(3)5-14(22)4/h6,8-9,12-14,17H,5,7,10-11,19H2,1-4H3. The molecule has 1 aliphatic rings. The van der Waals surface area contributed by atoms with Crippen LogP contribution in [0.4, 0.5) is 0 Å². The van der Waals surface area contributed by atoms with E-state index in [4.69, 9.17) is 5.73 Å². The van der Waals surface area contributed by atoms with Crippen LogP contribution in [0.1, 0.15) is 45.7 Å². The van der Waals surface area contributed by atoms with Crippen LogP contribution in [-0.2, 0) is 6.54 Å². The van der Waals surface area contributed by atoms with Crippen LogP contribution in [0.3, 0.4) is 0 Å². The summed E-state index contributed by atoms with van der Waals surface area (Å²) < 4.78 is 1.98. The van der Waals surface area contributed by atoms with E-state index in [0.29, 0.717) is 18.0 Å². The maximum atomic E-state index is 5.95. The Labute approximate surface area is 138 Å². The average Bonchev–Trinajstić information content (AvgIpc) is 2.93. The summed E-state index contributed by atoms with van der Waals surface area (Å²) in [5.74, 6) is 1.32. The van der Waals surface area contributed by atoms with Crippen LogP contribution in [0.5, 0.6) is 0 Å². The summed E-state index contributed by atoms with van der Waals surface area (Å²) in [6, 6.07) is 3.16. The van der Waals surface area contributed by atoms with Crippen molar-refractivity contribution >= 4 is 11.0 Å². The van der Waals surface area contributed by atoms with E-state index in [1.165, 1.54) is 12.0 Å². The summed E-state index contributed by atoms with van der Waals surface area (Å²) in [5.41, 5.74) is 8.19. The summed E-state index contributed by atoms with van der Waals surface area (Å²) in [5, 5.41) is 5.59. The van der Waals surface area contributed by atoms with E-state index < -0.39 is 0 Å². The Hall–Kier alpha value is -1.46. The second-order valence-electron chi connectivity index (χ2n) is 7.43. The molecular formula is C18H29N5. The van der Waals surface area contributed by atoms with Gasteiger partial charge < -0.3 is 5.73 Å². The van der Waals surface area contributed by atoms with E-state index in [1.54, 1.807) is 0 Å². The lowest BCUT2D eigenvalue weighted by molar-refractivity contribution is 0.0749. The van der Waals surface area contributed by atoms with Crippen LogP contribution in [0.15, 0.2) is 18.5 Å². The molecule has 126 valence electrons. The number of piperidine rings is 1. The second kappa shape index (κ2) is 6.57. The van der Waals surface area contributed by atoms with E-state index in [9.17, 15) is 0 Å². The molecule has 1 saturated heterocycles. The lowest BCUT2D eigenvalue weighted by Crippen LogP contribution is -2.47. The normalized spacial score (nSPS) is 26.3. The van der Waals surface area contributed by atoms with Crippen molar-refractivity contribution in [2.24, 2.45) is 17.6 Å². The highest BCUT2D eigenvalue weighted by molar-refractivity contribution is 5.75. The van der Waals surface area contributed by atoms with Gasteiger partial charge in [0.05, 0.1) is 6.20 Å². The highest BCUT2D eigenvalue weighted by Crippen LogP contribution is 2.28. The number of hydrogen-bond donors (Lipinski definition) is 1. The van der Waals surface area contributed by atoms with Crippen molar-refractivity contribution in [3.63, 3.8) is 0 Å². The first-order chi connectivity index (χ1) is 11.0. The number of pyridine rings is 1. The Bertz CT molecular complexity index is 662. The molecule has 3 atom stereocenters. The van der Waals surface area contributed by atoms with Gasteiger partial charge in [-0.25, -0.2) is 9.67 Å². The number of hydrogen-bond acceptors (Lipinski definition) is 4. The zero-order valence-corrected chi connectivity index (χ0v) is 14.7. The number of fused-ring (bicyclic) bond motifs is 1. The molecule has 0 spiro atoms. The molecule has 5 heteroatoms. The van der Waals surface area contributed by atoms with Crippen molar-refractivity contribution in [2.45, 2.75) is 52.7 Å². The van der Waals surface area contributed by atoms with E-state index in [1.807, 2.05) is 17.1 Å². The molecule has 5 nitrogen and oxygen atoms in total. The van der Waals surface area contributed by atoms with Crippen molar-refractivity contribution in [3.05, 3.63) is 24.0 Å². The van der Waals surface area contributed by atoms with Crippen LogP contribution in [0.25, 0.3) is 11.0 Å². The molecule has 23 heavy (non-hydrogen) atoms. The number of nitrogens with zero attached hydrogens (tertiary/aromatic N) is 4. The van der Waals surface area contributed by atoms with Crippen molar-refractivity contribution in [2.75, 3.05) is 13.1 Å². The Balaban J connectivity index is 1.78. The molecule has 0 saturated carbocycles. The molecule has 2 aromatic heterocycles. The number of aromatic nitrogens is 3. The summed E-state index contributed by atoms with van der Waals surface area (Å²) in [6.45, 7) is 11.7. The third-order valence-corrected chi connectivity index (χ3v) is 5.28. The van der Waals surface area contributed by atoms with Crippen LogP contribution >= 0.6 is 0 Å². The maximum Gasteiger partial charge on any atom is 0.157 e. The van der Waals surface area contributed by atoms with E-state index in [-0.39, 0.29) is 0 Å². The van der Waals surface area contributed by atoms with Gasteiger partial charge >= 0.3 is 0 Å². The van der Waals surface area contributed by atoms with Crippen molar-refractivity contribution in [1.82, 2.24) is 19.7 Å². The molecule has 0 aliphatic carbocycles.